The van der Waals surface area contributed by atoms with Crippen LogP contribution in [0, 0.1) is 11.3 Å². The van der Waals surface area contributed by atoms with Crippen molar-refractivity contribution in [2.45, 2.75) is 57.2 Å². The minimum atomic E-state index is -6.62. The van der Waals surface area contributed by atoms with Crippen LogP contribution in [0.1, 0.15) is 32.0 Å². The molecular weight excluding hydrogens is 431 g/mol. The molecule has 31 heavy (non-hydrogen) atoms. The molecule has 0 fully saturated rings. The Hall–Kier alpha value is -2.10. The van der Waals surface area contributed by atoms with Crippen LogP contribution in [0.25, 0.3) is 10.9 Å². The van der Waals surface area contributed by atoms with Crippen LogP contribution in [0.4, 0.5) is 30.7 Å². The van der Waals surface area contributed by atoms with Crippen LogP contribution >= 0.6 is 0 Å². The number of hydrogen-bond acceptors (Lipinski definition) is 2. The maximum atomic E-state index is 15.0. The van der Waals surface area contributed by atoms with Gasteiger partial charge in [0.25, 0.3) is 0 Å². The number of benzene rings is 1. The van der Waals surface area contributed by atoms with Gasteiger partial charge in [-0.05, 0) is 18.1 Å². The van der Waals surface area contributed by atoms with Gasteiger partial charge >= 0.3 is 18.0 Å². The van der Waals surface area contributed by atoms with E-state index in [9.17, 15) is 40.6 Å². The Bertz CT molecular complexity index is 1030. The predicted octanol–water partition coefficient (Wildman–Crippen LogP) is 5.07. The third kappa shape index (κ3) is 3.16. The molecular formula is C21H22F7NO2. The van der Waals surface area contributed by atoms with Crippen molar-refractivity contribution in [3.05, 3.63) is 35.5 Å². The number of para-hydroxylation sites is 1. The van der Waals surface area contributed by atoms with E-state index in [0.29, 0.717) is 16.5 Å². The lowest BCUT2D eigenvalue weighted by Gasteiger charge is -2.47. The molecule has 2 atom stereocenters. The van der Waals surface area contributed by atoms with Crippen molar-refractivity contribution in [3.8, 4) is 0 Å². The molecule has 0 radical (unpaired) electrons. The monoisotopic (exact) mass is 453 g/mol. The number of carbonyl (C=O) groups is 1. The standard InChI is InChI=1S/C21H22F7NO2/c1-17(2,3)16(30)13-9-12-11-7-5-6-8-14(11)29(4)15(12)10-18(13,31)19(22,23)20(24,25)21(26,27)28/h5-8,13,31H,9-10H2,1-4H3/t13-,18-/m0/s1. The lowest BCUT2D eigenvalue weighted by molar-refractivity contribution is -0.393. The summed E-state index contributed by atoms with van der Waals surface area (Å²) in [5.74, 6) is -15.7. The van der Waals surface area contributed by atoms with Gasteiger partial charge in [0.2, 0.25) is 0 Å². The number of halogens is 7. The third-order valence-corrected chi connectivity index (χ3v) is 6.12. The number of alkyl halides is 7. The fourth-order valence-electron chi connectivity index (χ4n) is 4.34. The number of fused-ring (bicyclic) bond motifs is 3. The molecule has 1 heterocycles. The number of aromatic nitrogens is 1. The van der Waals surface area contributed by atoms with Gasteiger partial charge in [0.05, 0.1) is 5.92 Å². The van der Waals surface area contributed by atoms with Crippen LogP contribution in [-0.4, -0.2) is 39.1 Å². The highest BCUT2D eigenvalue weighted by Crippen LogP contribution is 2.57. The molecule has 1 N–H and O–H groups in total. The van der Waals surface area contributed by atoms with Crippen LogP contribution in [0.2, 0.25) is 0 Å². The molecule has 0 saturated carbocycles. The quantitative estimate of drug-likeness (QED) is 0.660. The van der Waals surface area contributed by atoms with E-state index >= 15 is 0 Å². The SMILES string of the molecule is Cn1c2c(c3ccccc31)C[C@@H](C(=O)C(C)(C)C)[C@](O)(C(F)(F)C(F)(F)C(F)(F)F)C2. The van der Waals surface area contributed by atoms with Crippen molar-refractivity contribution in [1.82, 2.24) is 4.57 Å². The Balaban J connectivity index is 2.30. The van der Waals surface area contributed by atoms with Crippen molar-refractivity contribution in [2.75, 3.05) is 0 Å². The maximum Gasteiger partial charge on any atom is 0.459 e. The van der Waals surface area contributed by atoms with Crippen LogP contribution in [0.3, 0.4) is 0 Å². The van der Waals surface area contributed by atoms with Gasteiger partial charge in [0, 0.05) is 35.5 Å². The molecule has 10 heteroatoms. The zero-order chi connectivity index (χ0) is 23.8. The highest BCUT2D eigenvalue weighted by molar-refractivity contribution is 5.91. The number of aryl methyl sites for hydroxylation is 1. The smallest absolute Gasteiger partial charge is 0.382 e. The Labute approximate surface area is 173 Å². The summed E-state index contributed by atoms with van der Waals surface area (Å²) in [6.07, 6.45) is -8.45. The molecule has 0 aliphatic heterocycles. The number of rotatable bonds is 3. The molecule has 0 unspecified atom stereocenters. The van der Waals surface area contributed by atoms with Crippen molar-refractivity contribution in [3.63, 3.8) is 0 Å². The van der Waals surface area contributed by atoms with E-state index in [-0.39, 0.29) is 5.69 Å². The van der Waals surface area contributed by atoms with Crippen molar-refractivity contribution in [1.29, 1.82) is 0 Å². The van der Waals surface area contributed by atoms with Gasteiger partial charge in [-0.3, -0.25) is 4.79 Å². The van der Waals surface area contributed by atoms with Gasteiger partial charge < -0.3 is 9.67 Å². The summed E-state index contributed by atoms with van der Waals surface area (Å²) in [6.45, 7) is 3.98. The van der Waals surface area contributed by atoms with E-state index in [1.54, 1.807) is 24.3 Å². The van der Waals surface area contributed by atoms with Gasteiger partial charge in [0.15, 0.2) is 5.60 Å². The first-order valence-corrected chi connectivity index (χ1v) is 9.52. The number of ketones is 1. The fraction of sp³-hybridized carbons (Fsp3) is 0.571. The second kappa shape index (κ2) is 6.70. The molecule has 2 aromatic rings. The van der Waals surface area contributed by atoms with Crippen LogP contribution < -0.4 is 0 Å². The molecule has 0 bridgehead atoms. The molecule has 1 aromatic carbocycles. The molecule has 0 spiro atoms. The third-order valence-electron chi connectivity index (χ3n) is 6.12. The highest BCUT2D eigenvalue weighted by Gasteiger charge is 2.81. The Morgan fingerprint density at radius 2 is 1.61 bits per heavy atom. The number of hydrogen-bond donors (Lipinski definition) is 1. The van der Waals surface area contributed by atoms with Gasteiger partial charge in [-0.25, -0.2) is 0 Å². The average Bonchev–Trinajstić information content (AvgIpc) is 2.90. The fourth-order valence-corrected chi connectivity index (χ4v) is 4.34. The summed E-state index contributed by atoms with van der Waals surface area (Å²) < 4.78 is 98.1. The van der Waals surface area contributed by atoms with Crippen LogP contribution in [0.5, 0.6) is 0 Å². The Morgan fingerprint density at radius 1 is 1.06 bits per heavy atom. The van der Waals surface area contributed by atoms with Crippen LogP contribution in [0.15, 0.2) is 24.3 Å². The van der Waals surface area contributed by atoms with Gasteiger partial charge in [-0.15, -0.1) is 0 Å². The van der Waals surface area contributed by atoms with E-state index < -0.39 is 53.6 Å². The van der Waals surface area contributed by atoms with Gasteiger partial charge in [-0.2, -0.15) is 30.7 Å². The normalized spacial score (nSPS) is 23.2. The van der Waals surface area contributed by atoms with E-state index in [1.165, 1.54) is 32.4 Å². The van der Waals surface area contributed by atoms with Crippen molar-refractivity contribution >= 4 is 16.7 Å². The summed E-state index contributed by atoms with van der Waals surface area (Å²) >= 11 is 0. The summed E-state index contributed by atoms with van der Waals surface area (Å²) in [7, 11) is 1.44. The molecule has 0 amide bonds. The van der Waals surface area contributed by atoms with E-state index in [4.69, 9.17) is 0 Å². The number of carbonyl (C=O) groups excluding carboxylic acids is 1. The summed E-state index contributed by atoms with van der Waals surface area (Å²) in [4.78, 5) is 13.0. The molecule has 172 valence electrons. The lowest BCUT2D eigenvalue weighted by atomic mass is 9.64. The first-order chi connectivity index (χ1) is 13.9. The summed E-state index contributed by atoms with van der Waals surface area (Å²) in [5.41, 5.74) is -4.45. The largest absolute Gasteiger partial charge is 0.459 e. The highest BCUT2D eigenvalue weighted by atomic mass is 19.4. The topological polar surface area (TPSA) is 42.2 Å². The number of Topliss-reactive ketones (excluding diaryl/α,β-unsaturated/α-hetero) is 1. The second-order valence-electron chi connectivity index (χ2n) is 9.12. The Morgan fingerprint density at radius 3 is 2.13 bits per heavy atom. The molecule has 3 rings (SSSR count). The van der Waals surface area contributed by atoms with Gasteiger partial charge in [0.1, 0.15) is 5.78 Å². The van der Waals surface area contributed by atoms with Crippen LogP contribution in [-0.2, 0) is 24.7 Å². The minimum absolute atomic E-state index is 0.0145. The predicted molar refractivity (Wildman–Crippen MR) is 99.2 cm³/mol. The summed E-state index contributed by atoms with van der Waals surface area (Å²) in [6, 6.07) is 6.55. The zero-order valence-corrected chi connectivity index (χ0v) is 17.2. The lowest BCUT2D eigenvalue weighted by Crippen LogP contribution is -2.70. The zero-order valence-electron chi connectivity index (χ0n) is 17.2. The first kappa shape index (κ1) is 23.6. The first-order valence-electron chi connectivity index (χ1n) is 9.52. The van der Waals surface area contributed by atoms with E-state index in [1.807, 2.05) is 0 Å². The van der Waals surface area contributed by atoms with Gasteiger partial charge in [-0.1, -0.05) is 39.0 Å². The molecule has 3 nitrogen and oxygen atoms in total. The molecule has 0 saturated heterocycles. The summed E-state index contributed by atoms with van der Waals surface area (Å²) in [5, 5.41) is 11.5. The molecule has 1 aliphatic rings. The van der Waals surface area contributed by atoms with Crippen molar-refractivity contribution < 1.29 is 40.6 Å². The Kier molecular flexibility index (Phi) is 5.09. The maximum absolute atomic E-state index is 15.0. The number of nitrogens with zero attached hydrogens (tertiary/aromatic N) is 1. The van der Waals surface area contributed by atoms with Crippen molar-refractivity contribution in [2.24, 2.45) is 18.4 Å². The van der Waals surface area contributed by atoms with E-state index in [2.05, 4.69) is 0 Å². The minimum Gasteiger partial charge on any atom is -0.382 e. The average molecular weight is 453 g/mol. The molecule has 1 aliphatic carbocycles. The molecule has 1 aromatic heterocycles. The second-order valence-corrected chi connectivity index (χ2v) is 9.12. The van der Waals surface area contributed by atoms with E-state index in [0.717, 1.165) is 0 Å². The number of aliphatic hydroxyl groups is 1.